The van der Waals surface area contributed by atoms with Crippen LogP contribution in [0.3, 0.4) is 0 Å². The summed E-state index contributed by atoms with van der Waals surface area (Å²) in [6.45, 7) is 2.98. The molecule has 0 fully saturated rings. The van der Waals surface area contributed by atoms with Crippen LogP contribution in [-0.2, 0) is 6.54 Å². The molecule has 4 nitrogen and oxygen atoms in total. The number of benzene rings is 1. The maximum atomic E-state index is 8.65. The van der Waals surface area contributed by atoms with E-state index in [-0.39, 0.29) is 5.84 Å². The van der Waals surface area contributed by atoms with Crippen molar-refractivity contribution in [3.63, 3.8) is 0 Å². The van der Waals surface area contributed by atoms with Crippen molar-refractivity contribution < 1.29 is 5.21 Å². The van der Waals surface area contributed by atoms with Gasteiger partial charge in [0.2, 0.25) is 0 Å². The molecular formula is C13H21N3OS. The Balaban J connectivity index is 2.62. The topological polar surface area (TPSA) is 70.6 Å². The predicted octanol–water partition coefficient (Wildman–Crippen LogP) is 2.01. The molecule has 0 heterocycles. The van der Waals surface area contributed by atoms with Crippen LogP contribution in [-0.4, -0.2) is 29.1 Å². The van der Waals surface area contributed by atoms with Gasteiger partial charge in [-0.15, -0.1) is 0 Å². The summed E-state index contributed by atoms with van der Waals surface area (Å²) in [6.07, 6.45) is 3.23. The predicted molar refractivity (Wildman–Crippen MR) is 78.3 cm³/mol. The zero-order valence-corrected chi connectivity index (χ0v) is 11.7. The van der Waals surface area contributed by atoms with Crippen molar-refractivity contribution in [2.45, 2.75) is 25.9 Å². The lowest BCUT2D eigenvalue weighted by molar-refractivity contribution is 0.318. The van der Waals surface area contributed by atoms with Crippen molar-refractivity contribution in [3.8, 4) is 0 Å². The Bertz CT molecular complexity index is 396. The third-order valence-corrected chi connectivity index (χ3v) is 3.52. The molecule has 100 valence electrons. The Morgan fingerprint density at radius 3 is 2.94 bits per heavy atom. The number of rotatable bonds is 7. The third-order valence-electron chi connectivity index (χ3n) is 2.79. The van der Waals surface area contributed by atoms with Crippen molar-refractivity contribution in [1.82, 2.24) is 5.32 Å². The van der Waals surface area contributed by atoms with Gasteiger partial charge in [-0.05, 0) is 24.3 Å². The van der Waals surface area contributed by atoms with Crippen molar-refractivity contribution in [2.75, 3.05) is 12.0 Å². The second-order valence-electron chi connectivity index (χ2n) is 4.13. The van der Waals surface area contributed by atoms with E-state index in [1.54, 1.807) is 0 Å². The summed E-state index contributed by atoms with van der Waals surface area (Å²) >= 11 is 1.85. The van der Waals surface area contributed by atoms with Gasteiger partial charge in [0, 0.05) is 23.9 Å². The van der Waals surface area contributed by atoms with Crippen LogP contribution in [0.4, 0.5) is 0 Å². The number of oxime groups is 1. The van der Waals surface area contributed by atoms with Crippen LogP contribution in [0.15, 0.2) is 29.4 Å². The molecule has 1 unspecified atom stereocenters. The lowest BCUT2D eigenvalue weighted by Crippen LogP contribution is -2.30. The van der Waals surface area contributed by atoms with Crippen LogP contribution in [0.1, 0.15) is 24.5 Å². The van der Waals surface area contributed by atoms with Crippen molar-refractivity contribution in [3.05, 3.63) is 35.4 Å². The quantitative estimate of drug-likeness (QED) is 0.306. The van der Waals surface area contributed by atoms with E-state index in [1.165, 1.54) is 0 Å². The fraction of sp³-hybridized carbons (Fsp3) is 0.462. The first kappa shape index (κ1) is 14.9. The minimum Gasteiger partial charge on any atom is -0.409 e. The van der Waals surface area contributed by atoms with Gasteiger partial charge < -0.3 is 16.3 Å². The standard InChI is InChI=1S/C13H21N3OS/c1-3-12(9-18-2)15-8-10-5-4-6-11(7-10)13(14)16-17/h4-7,12,15,17H,3,8-9H2,1-2H3,(H2,14,16). The highest BCUT2D eigenvalue weighted by molar-refractivity contribution is 7.98. The van der Waals surface area contributed by atoms with Crippen LogP contribution in [0.2, 0.25) is 0 Å². The molecule has 0 aromatic heterocycles. The molecule has 4 N–H and O–H groups in total. The maximum absolute atomic E-state index is 8.65. The van der Waals surface area contributed by atoms with Crippen molar-refractivity contribution in [2.24, 2.45) is 10.9 Å². The fourth-order valence-electron chi connectivity index (χ4n) is 1.68. The Morgan fingerprint density at radius 1 is 1.56 bits per heavy atom. The number of nitrogens with zero attached hydrogens (tertiary/aromatic N) is 1. The van der Waals surface area contributed by atoms with E-state index in [1.807, 2.05) is 36.0 Å². The second kappa shape index (κ2) is 8.00. The molecule has 0 saturated carbocycles. The molecule has 0 saturated heterocycles. The van der Waals surface area contributed by atoms with E-state index in [0.29, 0.717) is 6.04 Å². The summed E-state index contributed by atoms with van der Waals surface area (Å²) in [6, 6.07) is 8.24. The lowest BCUT2D eigenvalue weighted by Gasteiger charge is -2.15. The fourth-order valence-corrected chi connectivity index (χ4v) is 2.44. The molecule has 1 aromatic carbocycles. The van der Waals surface area contributed by atoms with Crippen LogP contribution in [0, 0.1) is 0 Å². The van der Waals surface area contributed by atoms with E-state index in [2.05, 4.69) is 23.7 Å². The highest BCUT2D eigenvalue weighted by Crippen LogP contribution is 2.07. The minimum absolute atomic E-state index is 0.146. The molecule has 0 spiro atoms. The van der Waals surface area contributed by atoms with Gasteiger partial charge in [-0.2, -0.15) is 11.8 Å². The zero-order valence-electron chi connectivity index (χ0n) is 10.9. The zero-order chi connectivity index (χ0) is 13.4. The average molecular weight is 267 g/mol. The van der Waals surface area contributed by atoms with E-state index >= 15 is 0 Å². The average Bonchev–Trinajstić information content (AvgIpc) is 2.42. The van der Waals surface area contributed by atoms with Gasteiger partial charge in [0.05, 0.1) is 0 Å². The normalized spacial score (nSPS) is 13.6. The van der Waals surface area contributed by atoms with E-state index < -0.39 is 0 Å². The number of nitrogens with two attached hydrogens (primary N) is 1. The molecule has 1 atom stereocenters. The molecule has 1 aromatic rings. The SMILES string of the molecule is CCC(CSC)NCc1cccc(/C(N)=N/O)c1. The third kappa shape index (κ3) is 4.58. The monoisotopic (exact) mass is 267 g/mol. The first-order valence-electron chi connectivity index (χ1n) is 6.00. The molecular weight excluding hydrogens is 246 g/mol. The summed E-state index contributed by atoms with van der Waals surface area (Å²) in [4.78, 5) is 0. The summed E-state index contributed by atoms with van der Waals surface area (Å²) in [5.41, 5.74) is 7.45. The molecule has 0 amide bonds. The van der Waals surface area contributed by atoms with Gasteiger partial charge >= 0.3 is 0 Å². The molecule has 0 bridgehead atoms. The van der Waals surface area contributed by atoms with Gasteiger partial charge in [-0.25, -0.2) is 0 Å². The first-order chi connectivity index (χ1) is 8.71. The highest BCUT2D eigenvalue weighted by atomic mass is 32.2. The summed E-state index contributed by atoms with van der Waals surface area (Å²) in [5, 5.41) is 15.2. The van der Waals surface area contributed by atoms with Crippen LogP contribution in [0.25, 0.3) is 0 Å². The number of hydrogen-bond acceptors (Lipinski definition) is 4. The van der Waals surface area contributed by atoms with Gasteiger partial charge in [-0.1, -0.05) is 30.3 Å². The Labute approximate surface area is 113 Å². The maximum Gasteiger partial charge on any atom is 0.170 e. The largest absolute Gasteiger partial charge is 0.409 e. The molecule has 0 aliphatic rings. The molecule has 0 aliphatic carbocycles. The lowest BCUT2D eigenvalue weighted by atomic mass is 10.1. The second-order valence-corrected chi connectivity index (χ2v) is 5.04. The summed E-state index contributed by atoms with van der Waals surface area (Å²) in [7, 11) is 0. The van der Waals surface area contributed by atoms with Crippen LogP contribution >= 0.6 is 11.8 Å². The number of hydrogen-bond donors (Lipinski definition) is 3. The molecule has 5 heteroatoms. The van der Waals surface area contributed by atoms with E-state index in [0.717, 1.165) is 29.8 Å². The van der Waals surface area contributed by atoms with Gasteiger partial charge in [-0.3, -0.25) is 0 Å². The van der Waals surface area contributed by atoms with Crippen LogP contribution < -0.4 is 11.1 Å². The van der Waals surface area contributed by atoms with Gasteiger partial charge in [0.15, 0.2) is 5.84 Å². The minimum atomic E-state index is 0.146. The van der Waals surface area contributed by atoms with E-state index in [4.69, 9.17) is 10.9 Å². The Kier molecular flexibility index (Phi) is 6.60. The van der Waals surface area contributed by atoms with E-state index in [9.17, 15) is 0 Å². The molecule has 18 heavy (non-hydrogen) atoms. The Morgan fingerprint density at radius 2 is 2.33 bits per heavy atom. The van der Waals surface area contributed by atoms with Crippen LogP contribution in [0.5, 0.6) is 0 Å². The van der Waals surface area contributed by atoms with Gasteiger partial charge in [0.1, 0.15) is 0 Å². The number of thioether (sulfide) groups is 1. The first-order valence-corrected chi connectivity index (χ1v) is 7.39. The molecule has 0 radical (unpaired) electrons. The number of nitrogens with one attached hydrogen (secondary N) is 1. The van der Waals surface area contributed by atoms with Gasteiger partial charge in [0.25, 0.3) is 0 Å². The highest BCUT2D eigenvalue weighted by Gasteiger charge is 2.05. The molecule has 1 rings (SSSR count). The number of amidine groups is 1. The van der Waals surface area contributed by atoms with Crippen molar-refractivity contribution in [1.29, 1.82) is 0 Å². The van der Waals surface area contributed by atoms with Crippen molar-refractivity contribution >= 4 is 17.6 Å². The Hall–Kier alpha value is -1.20. The summed E-state index contributed by atoms with van der Waals surface area (Å²) in [5.74, 6) is 1.25. The smallest absolute Gasteiger partial charge is 0.170 e. The molecule has 0 aliphatic heterocycles. The summed E-state index contributed by atoms with van der Waals surface area (Å²) < 4.78 is 0.